The molecule has 0 aliphatic heterocycles. The summed E-state index contributed by atoms with van der Waals surface area (Å²) in [4.78, 5) is 0. The van der Waals surface area contributed by atoms with Crippen LogP contribution >= 0.6 is 0 Å². The van der Waals surface area contributed by atoms with Crippen molar-refractivity contribution in [2.75, 3.05) is 13.7 Å². The third-order valence-electron chi connectivity index (χ3n) is 3.01. The van der Waals surface area contributed by atoms with Crippen LogP contribution < -0.4 is 0 Å². The SMILES string of the molecule is COC1(CO)CCCC(C)(C)C1. The molecule has 1 unspecified atom stereocenters. The van der Waals surface area contributed by atoms with Crippen LogP contribution in [0.15, 0.2) is 0 Å². The van der Waals surface area contributed by atoms with Crippen molar-refractivity contribution in [3.8, 4) is 0 Å². The van der Waals surface area contributed by atoms with E-state index >= 15 is 0 Å². The van der Waals surface area contributed by atoms with E-state index < -0.39 is 0 Å². The fraction of sp³-hybridized carbons (Fsp3) is 1.00. The number of aliphatic hydroxyl groups excluding tert-OH is 1. The van der Waals surface area contributed by atoms with Crippen molar-refractivity contribution >= 4 is 0 Å². The zero-order valence-electron chi connectivity index (χ0n) is 8.39. The molecule has 0 saturated heterocycles. The van der Waals surface area contributed by atoms with Crippen molar-refractivity contribution in [2.24, 2.45) is 5.41 Å². The molecule has 1 aliphatic rings. The van der Waals surface area contributed by atoms with Gasteiger partial charge in [0.2, 0.25) is 0 Å². The highest BCUT2D eigenvalue weighted by molar-refractivity contribution is 4.91. The highest BCUT2D eigenvalue weighted by Crippen LogP contribution is 2.42. The van der Waals surface area contributed by atoms with Gasteiger partial charge in [0.15, 0.2) is 0 Å². The predicted molar refractivity (Wildman–Crippen MR) is 49.1 cm³/mol. The summed E-state index contributed by atoms with van der Waals surface area (Å²) in [5, 5.41) is 9.25. The Labute approximate surface area is 74.9 Å². The number of aliphatic hydroxyl groups is 1. The maximum absolute atomic E-state index is 9.25. The quantitative estimate of drug-likeness (QED) is 0.690. The predicted octanol–water partition coefficient (Wildman–Crippen LogP) is 1.96. The second-order valence-corrected chi connectivity index (χ2v) is 4.74. The smallest absolute Gasteiger partial charge is 0.0913 e. The summed E-state index contributed by atoms with van der Waals surface area (Å²) in [6.45, 7) is 4.65. The summed E-state index contributed by atoms with van der Waals surface area (Å²) in [6, 6.07) is 0. The molecule has 1 atom stereocenters. The summed E-state index contributed by atoms with van der Waals surface area (Å²) in [7, 11) is 1.71. The van der Waals surface area contributed by atoms with E-state index in [4.69, 9.17) is 4.74 Å². The molecule has 72 valence electrons. The lowest BCUT2D eigenvalue weighted by atomic mass is 9.70. The van der Waals surface area contributed by atoms with Crippen LogP contribution in [-0.2, 0) is 4.74 Å². The zero-order valence-corrected chi connectivity index (χ0v) is 8.39. The van der Waals surface area contributed by atoms with Crippen molar-refractivity contribution in [3.05, 3.63) is 0 Å². The summed E-state index contributed by atoms with van der Waals surface area (Å²) in [6.07, 6.45) is 4.40. The highest BCUT2D eigenvalue weighted by atomic mass is 16.5. The van der Waals surface area contributed by atoms with Gasteiger partial charge in [-0.1, -0.05) is 13.8 Å². The number of rotatable bonds is 2. The Hall–Kier alpha value is -0.0800. The average molecular weight is 172 g/mol. The molecule has 12 heavy (non-hydrogen) atoms. The van der Waals surface area contributed by atoms with Crippen molar-refractivity contribution in [1.82, 2.24) is 0 Å². The first-order chi connectivity index (χ1) is 5.54. The molecule has 0 amide bonds. The lowest BCUT2D eigenvalue weighted by molar-refractivity contribution is -0.103. The maximum Gasteiger partial charge on any atom is 0.0913 e. The van der Waals surface area contributed by atoms with Gasteiger partial charge in [-0.3, -0.25) is 0 Å². The van der Waals surface area contributed by atoms with Gasteiger partial charge in [0.1, 0.15) is 0 Å². The van der Waals surface area contributed by atoms with E-state index in [1.807, 2.05) is 0 Å². The maximum atomic E-state index is 9.25. The largest absolute Gasteiger partial charge is 0.393 e. The van der Waals surface area contributed by atoms with Gasteiger partial charge in [-0.15, -0.1) is 0 Å². The van der Waals surface area contributed by atoms with Gasteiger partial charge in [0.25, 0.3) is 0 Å². The van der Waals surface area contributed by atoms with Gasteiger partial charge in [-0.2, -0.15) is 0 Å². The summed E-state index contributed by atoms with van der Waals surface area (Å²) in [5.74, 6) is 0. The van der Waals surface area contributed by atoms with Crippen molar-refractivity contribution in [1.29, 1.82) is 0 Å². The Bertz CT molecular complexity index is 148. The van der Waals surface area contributed by atoms with E-state index in [1.165, 1.54) is 12.8 Å². The highest BCUT2D eigenvalue weighted by Gasteiger charge is 2.39. The molecule has 0 aromatic heterocycles. The molecule has 0 aromatic rings. The van der Waals surface area contributed by atoms with Crippen LogP contribution in [0.2, 0.25) is 0 Å². The van der Waals surface area contributed by atoms with Gasteiger partial charge < -0.3 is 9.84 Å². The Balaban J connectivity index is 2.65. The van der Waals surface area contributed by atoms with Crippen LogP contribution in [0.25, 0.3) is 0 Å². The summed E-state index contributed by atoms with van der Waals surface area (Å²) in [5.41, 5.74) is 0.0821. The van der Waals surface area contributed by atoms with Crippen LogP contribution in [0.5, 0.6) is 0 Å². The zero-order chi connectivity index (χ0) is 9.24. The second kappa shape index (κ2) is 3.35. The van der Waals surface area contributed by atoms with Crippen molar-refractivity contribution < 1.29 is 9.84 Å². The molecule has 0 heterocycles. The molecule has 1 rings (SSSR count). The van der Waals surface area contributed by atoms with Crippen LogP contribution in [0, 0.1) is 5.41 Å². The van der Waals surface area contributed by atoms with Gasteiger partial charge >= 0.3 is 0 Å². The molecular weight excluding hydrogens is 152 g/mol. The molecule has 1 fully saturated rings. The fourth-order valence-electron chi connectivity index (χ4n) is 2.31. The van der Waals surface area contributed by atoms with E-state index in [0.29, 0.717) is 5.41 Å². The lowest BCUT2D eigenvalue weighted by Crippen LogP contribution is -2.43. The van der Waals surface area contributed by atoms with Crippen LogP contribution in [0.3, 0.4) is 0 Å². The van der Waals surface area contributed by atoms with E-state index in [-0.39, 0.29) is 12.2 Å². The van der Waals surface area contributed by atoms with Gasteiger partial charge in [0.05, 0.1) is 12.2 Å². The Kier molecular flexibility index (Phi) is 2.79. The first kappa shape index (κ1) is 10.0. The number of hydrogen-bond acceptors (Lipinski definition) is 2. The van der Waals surface area contributed by atoms with Crippen LogP contribution in [-0.4, -0.2) is 24.4 Å². The summed E-state index contributed by atoms with van der Waals surface area (Å²) >= 11 is 0. The minimum Gasteiger partial charge on any atom is -0.393 e. The van der Waals surface area contributed by atoms with Crippen LogP contribution in [0.4, 0.5) is 0 Å². The Morgan fingerprint density at radius 3 is 2.33 bits per heavy atom. The van der Waals surface area contributed by atoms with Crippen molar-refractivity contribution in [3.63, 3.8) is 0 Å². The fourth-order valence-corrected chi connectivity index (χ4v) is 2.31. The van der Waals surface area contributed by atoms with Crippen LogP contribution in [0.1, 0.15) is 39.5 Å². The summed E-state index contributed by atoms with van der Waals surface area (Å²) < 4.78 is 5.41. The molecule has 0 bridgehead atoms. The van der Waals surface area contributed by atoms with Gasteiger partial charge in [0, 0.05) is 7.11 Å². The Morgan fingerprint density at radius 1 is 1.33 bits per heavy atom. The molecule has 2 nitrogen and oxygen atoms in total. The first-order valence-electron chi connectivity index (χ1n) is 4.70. The molecule has 0 spiro atoms. The normalized spacial score (nSPS) is 35.0. The van der Waals surface area contributed by atoms with E-state index in [1.54, 1.807) is 7.11 Å². The molecule has 1 saturated carbocycles. The first-order valence-corrected chi connectivity index (χ1v) is 4.70. The average Bonchev–Trinajstić information content (AvgIpc) is 2.02. The second-order valence-electron chi connectivity index (χ2n) is 4.74. The number of hydrogen-bond donors (Lipinski definition) is 1. The van der Waals surface area contributed by atoms with Crippen molar-refractivity contribution in [2.45, 2.75) is 45.1 Å². The topological polar surface area (TPSA) is 29.5 Å². The lowest BCUT2D eigenvalue weighted by Gasteiger charge is -2.42. The molecule has 1 aliphatic carbocycles. The van der Waals surface area contributed by atoms with E-state index in [9.17, 15) is 5.11 Å². The minimum atomic E-state index is -0.248. The third-order valence-corrected chi connectivity index (χ3v) is 3.01. The molecule has 2 heteroatoms. The number of ether oxygens (including phenoxy) is 1. The minimum absolute atomic E-state index is 0.160. The van der Waals surface area contributed by atoms with Gasteiger partial charge in [-0.25, -0.2) is 0 Å². The van der Waals surface area contributed by atoms with Gasteiger partial charge in [-0.05, 0) is 31.1 Å². The molecule has 0 radical (unpaired) electrons. The molecule has 1 N–H and O–H groups in total. The molecule has 0 aromatic carbocycles. The third kappa shape index (κ3) is 1.99. The molecular formula is C10H20O2. The van der Waals surface area contributed by atoms with E-state index in [0.717, 1.165) is 12.8 Å². The monoisotopic (exact) mass is 172 g/mol. The standard InChI is InChI=1S/C10H20O2/c1-9(2)5-4-6-10(7-9,8-11)12-3/h11H,4-8H2,1-3H3. The Morgan fingerprint density at radius 2 is 2.00 bits per heavy atom. The van der Waals surface area contributed by atoms with E-state index in [2.05, 4.69) is 13.8 Å². The number of methoxy groups -OCH3 is 1.